The van der Waals surface area contributed by atoms with E-state index in [2.05, 4.69) is 11.1 Å². The fraction of sp³-hybridized carbons (Fsp3) is 0.650. The van der Waals surface area contributed by atoms with Crippen LogP contribution in [-0.2, 0) is 9.84 Å². The van der Waals surface area contributed by atoms with E-state index in [1.807, 2.05) is 4.90 Å². The number of fused-ring (bicyclic) bond motifs is 1. The molecule has 28 heavy (non-hydrogen) atoms. The van der Waals surface area contributed by atoms with Crippen LogP contribution in [0.4, 0.5) is 4.39 Å². The lowest BCUT2D eigenvalue weighted by molar-refractivity contribution is 0.0762. The standard InChI is InChI=1S/C20H26FN3O3S/c1-28(25,26)16-6-7-20(17(21)10-16)27-12-14-2-4-15(5-3-14)24-9-8-23(13-22)18-11-19(18)24/h6-7,10,14-15,18-19H,2-5,8-9,11-12H2,1H3/t14?,15?,18-,19+/m0/s1. The average Bonchev–Trinajstić information content (AvgIpc) is 3.47. The highest BCUT2D eigenvalue weighted by molar-refractivity contribution is 7.90. The maximum absolute atomic E-state index is 14.1. The van der Waals surface area contributed by atoms with E-state index in [4.69, 9.17) is 10.00 Å². The van der Waals surface area contributed by atoms with E-state index in [-0.39, 0.29) is 10.6 Å². The first kappa shape index (κ1) is 19.5. The maximum Gasteiger partial charge on any atom is 0.179 e. The minimum absolute atomic E-state index is 0.0345. The molecular formula is C20H26FN3O3S. The lowest BCUT2D eigenvalue weighted by atomic mass is 9.85. The van der Waals surface area contributed by atoms with Gasteiger partial charge in [0, 0.05) is 31.4 Å². The summed E-state index contributed by atoms with van der Waals surface area (Å²) < 4.78 is 42.8. The lowest BCUT2D eigenvalue weighted by Gasteiger charge is -2.40. The van der Waals surface area contributed by atoms with Crippen molar-refractivity contribution in [2.45, 2.75) is 55.1 Å². The third-order valence-electron chi connectivity index (χ3n) is 6.37. The molecule has 1 heterocycles. The molecular weight excluding hydrogens is 381 g/mol. The fourth-order valence-corrected chi connectivity index (χ4v) is 5.31. The highest BCUT2D eigenvalue weighted by Crippen LogP contribution is 2.40. The number of hydrogen-bond acceptors (Lipinski definition) is 6. The Morgan fingerprint density at radius 1 is 1.21 bits per heavy atom. The van der Waals surface area contributed by atoms with Gasteiger partial charge in [0.1, 0.15) is 0 Å². The number of piperazine rings is 1. The van der Waals surface area contributed by atoms with E-state index in [0.29, 0.717) is 30.7 Å². The molecule has 8 heteroatoms. The van der Waals surface area contributed by atoms with Crippen molar-refractivity contribution in [1.29, 1.82) is 5.26 Å². The Bertz CT molecular complexity index is 877. The molecule has 2 saturated carbocycles. The molecule has 3 fully saturated rings. The van der Waals surface area contributed by atoms with Crippen LogP contribution in [0.3, 0.4) is 0 Å². The van der Waals surface area contributed by atoms with Crippen LogP contribution >= 0.6 is 0 Å². The molecule has 4 rings (SSSR count). The Hall–Kier alpha value is -1.85. The number of rotatable bonds is 5. The second kappa shape index (κ2) is 7.53. The average molecular weight is 408 g/mol. The van der Waals surface area contributed by atoms with Gasteiger partial charge in [-0.2, -0.15) is 5.26 Å². The molecule has 1 aromatic rings. The zero-order valence-corrected chi connectivity index (χ0v) is 16.9. The van der Waals surface area contributed by atoms with Gasteiger partial charge in [-0.3, -0.25) is 4.90 Å². The molecule has 2 atom stereocenters. The van der Waals surface area contributed by atoms with Crippen LogP contribution in [0.25, 0.3) is 0 Å². The second-order valence-electron chi connectivity index (χ2n) is 8.25. The van der Waals surface area contributed by atoms with Gasteiger partial charge < -0.3 is 9.64 Å². The molecule has 1 saturated heterocycles. The molecule has 6 nitrogen and oxygen atoms in total. The monoisotopic (exact) mass is 407 g/mol. The van der Waals surface area contributed by atoms with Gasteiger partial charge in [-0.1, -0.05) is 0 Å². The van der Waals surface area contributed by atoms with Crippen molar-refractivity contribution in [3.8, 4) is 11.9 Å². The summed E-state index contributed by atoms with van der Waals surface area (Å²) in [5.41, 5.74) is 0. The molecule has 1 aliphatic heterocycles. The Kier molecular flexibility index (Phi) is 5.23. The van der Waals surface area contributed by atoms with Crippen molar-refractivity contribution >= 4 is 9.84 Å². The smallest absolute Gasteiger partial charge is 0.179 e. The van der Waals surface area contributed by atoms with E-state index >= 15 is 0 Å². The van der Waals surface area contributed by atoms with Crippen molar-refractivity contribution in [3.05, 3.63) is 24.0 Å². The van der Waals surface area contributed by atoms with E-state index in [9.17, 15) is 12.8 Å². The minimum atomic E-state index is -3.42. The summed E-state index contributed by atoms with van der Waals surface area (Å²) in [7, 11) is -3.42. The van der Waals surface area contributed by atoms with Crippen molar-refractivity contribution < 1.29 is 17.5 Å². The maximum atomic E-state index is 14.1. The van der Waals surface area contributed by atoms with Crippen LogP contribution in [0.15, 0.2) is 23.1 Å². The van der Waals surface area contributed by atoms with Crippen molar-refractivity contribution in [1.82, 2.24) is 9.80 Å². The molecule has 0 N–H and O–H groups in total. The third kappa shape index (κ3) is 3.96. The lowest BCUT2D eigenvalue weighted by Crippen LogP contribution is -2.50. The first-order valence-corrected chi connectivity index (χ1v) is 11.8. The van der Waals surface area contributed by atoms with Crippen LogP contribution in [-0.4, -0.2) is 62.3 Å². The number of halogens is 1. The summed E-state index contributed by atoms with van der Waals surface area (Å²) in [5, 5.41) is 9.13. The number of nitrogens with zero attached hydrogens (tertiary/aromatic N) is 3. The Morgan fingerprint density at radius 2 is 1.96 bits per heavy atom. The van der Waals surface area contributed by atoms with Gasteiger partial charge in [-0.05, 0) is 56.2 Å². The van der Waals surface area contributed by atoms with E-state index < -0.39 is 15.7 Å². The van der Waals surface area contributed by atoms with Gasteiger partial charge >= 0.3 is 0 Å². The number of benzene rings is 1. The number of nitriles is 1. The topological polar surface area (TPSA) is 73.6 Å². The zero-order chi connectivity index (χ0) is 19.9. The summed E-state index contributed by atoms with van der Waals surface area (Å²) >= 11 is 0. The van der Waals surface area contributed by atoms with Gasteiger partial charge in [0.15, 0.2) is 27.6 Å². The molecule has 3 aliphatic rings. The summed E-state index contributed by atoms with van der Waals surface area (Å²) in [4.78, 5) is 4.48. The molecule has 0 unspecified atom stereocenters. The number of ether oxygens (including phenoxy) is 1. The SMILES string of the molecule is CS(=O)(=O)c1ccc(OCC2CCC(N3CCN(C#N)[C@H]4C[C@H]43)CC2)c(F)c1. The number of hydrogen-bond donors (Lipinski definition) is 0. The summed E-state index contributed by atoms with van der Waals surface area (Å²) in [5.74, 6) is -0.129. The quantitative estimate of drug-likeness (QED) is 0.698. The highest BCUT2D eigenvalue weighted by atomic mass is 32.2. The Balaban J connectivity index is 1.26. The van der Waals surface area contributed by atoms with Crippen molar-refractivity contribution in [3.63, 3.8) is 0 Å². The van der Waals surface area contributed by atoms with Crippen LogP contribution in [0, 0.1) is 23.2 Å². The first-order valence-electron chi connectivity index (χ1n) is 9.91. The normalized spacial score (nSPS) is 30.4. The predicted octanol–water partition coefficient (Wildman–Crippen LogP) is 2.41. The zero-order valence-electron chi connectivity index (χ0n) is 16.1. The Labute approximate surface area is 165 Å². The van der Waals surface area contributed by atoms with Crippen LogP contribution in [0.5, 0.6) is 5.75 Å². The number of sulfone groups is 1. The molecule has 0 bridgehead atoms. The van der Waals surface area contributed by atoms with Crippen LogP contribution < -0.4 is 4.74 Å². The van der Waals surface area contributed by atoms with Gasteiger partial charge in [-0.25, -0.2) is 12.8 Å². The second-order valence-corrected chi connectivity index (χ2v) is 10.3. The molecule has 1 aromatic carbocycles. The molecule has 0 aromatic heterocycles. The summed E-state index contributed by atoms with van der Waals surface area (Å²) in [6.45, 7) is 2.26. The third-order valence-corrected chi connectivity index (χ3v) is 7.48. The van der Waals surface area contributed by atoms with E-state index in [1.165, 1.54) is 12.1 Å². The first-order chi connectivity index (χ1) is 13.4. The molecule has 2 aliphatic carbocycles. The summed E-state index contributed by atoms with van der Waals surface area (Å²) in [6, 6.07) is 5.37. The van der Waals surface area contributed by atoms with Crippen LogP contribution in [0.2, 0.25) is 0 Å². The molecule has 0 amide bonds. The van der Waals surface area contributed by atoms with Gasteiger partial charge in [0.05, 0.1) is 17.5 Å². The van der Waals surface area contributed by atoms with Gasteiger partial charge in [0.2, 0.25) is 0 Å². The fourth-order valence-electron chi connectivity index (χ4n) is 4.67. The largest absolute Gasteiger partial charge is 0.490 e. The predicted molar refractivity (Wildman–Crippen MR) is 102 cm³/mol. The van der Waals surface area contributed by atoms with E-state index in [0.717, 1.165) is 57.5 Å². The van der Waals surface area contributed by atoms with Gasteiger partial charge in [0.25, 0.3) is 0 Å². The minimum Gasteiger partial charge on any atom is -0.490 e. The van der Waals surface area contributed by atoms with Gasteiger partial charge in [-0.15, -0.1) is 0 Å². The van der Waals surface area contributed by atoms with Crippen molar-refractivity contribution in [2.24, 2.45) is 5.92 Å². The molecule has 152 valence electrons. The summed E-state index contributed by atoms with van der Waals surface area (Å²) in [6.07, 6.45) is 8.78. The highest BCUT2D eigenvalue weighted by Gasteiger charge is 2.50. The molecule has 0 spiro atoms. The van der Waals surface area contributed by atoms with Crippen molar-refractivity contribution in [2.75, 3.05) is 26.0 Å². The Morgan fingerprint density at radius 3 is 2.61 bits per heavy atom. The van der Waals surface area contributed by atoms with E-state index in [1.54, 1.807) is 0 Å². The molecule has 0 radical (unpaired) electrons. The van der Waals surface area contributed by atoms with Crippen LogP contribution in [0.1, 0.15) is 32.1 Å².